The van der Waals surface area contributed by atoms with Crippen LogP contribution in [-0.4, -0.2) is 48.5 Å². The lowest BCUT2D eigenvalue weighted by Gasteiger charge is -2.26. The Morgan fingerprint density at radius 1 is 1.50 bits per heavy atom. The first-order valence-corrected chi connectivity index (χ1v) is 6.49. The lowest BCUT2D eigenvalue weighted by molar-refractivity contribution is -0.135. The monoisotopic (exact) mass is 214 g/mol. The lowest BCUT2D eigenvalue weighted by atomic mass is 10.1. The summed E-state index contributed by atoms with van der Waals surface area (Å²) in [4.78, 5) is 14.0. The Labute approximate surface area is 89.6 Å². The highest BCUT2D eigenvalue weighted by Gasteiger charge is 2.30. The molecule has 0 spiro atoms. The van der Waals surface area contributed by atoms with Crippen LogP contribution in [0.5, 0.6) is 0 Å². The molecule has 3 nitrogen and oxygen atoms in total. The number of hydrogen-bond donors (Lipinski definition) is 1. The molecule has 0 aliphatic carbocycles. The lowest BCUT2D eigenvalue weighted by Crippen LogP contribution is -2.41. The molecule has 0 aromatic carbocycles. The van der Waals surface area contributed by atoms with E-state index in [0.29, 0.717) is 11.9 Å². The van der Waals surface area contributed by atoms with Gasteiger partial charge in [0.25, 0.3) is 0 Å². The van der Waals surface area contributed by atoms with Crippen molar-refractivity contribution >= 4 is 17.7 Å². The topological polar surface area (TPSA) is 32.3 Å². The van der Waals surface area contributed by atoms with Gasteiger partial charge >= 0.3 is 0 Å². The third-order valence-electron chi connectivity index (χ3n) is 3.21. The third kappa shape index (κ3) is 2.06. The molecular weight excluding hydrogens is 196 g/mol. The first-order valence-electron chi connectivity index (χ1n) is 5.34. The fourth-order valence-electron chi connectivity index (χ4n) is 2.16. The minimum absolute atomic E-state index is 0.241. The number of amides is 1. The predicted molar refractivity (Wildman–Crippen MR) is 59.5 cm³/mol. The van der Waals surface area contributed by atoms with E-state index in [-0.39, 0.29) is 5.92 Å². The number of nitrogens with one attached hydrogen (secondary N) is 1. The summed E-state index contributed by atoms with van der Waals surface area (Å²) < 4.78 is 0. The molecule has 1 unspecified atom stereocenters. The summed E-state index contributed by atoms with van der Waals surface area (Å²) in [5, 5.41) is 3.25. The Morgan fingerprint density at radius 2 is 2.36 bits per heavy atom. The van der Waals surface area contributed by atoms with E-state index in [0.717, 1.165) is 25.3 Å². The number of carbonyl (C=O) groups excluding carboxylic acids is 1. The van der Waals surface area contributed by atoms with Crippen LogP contribution in [0.1, 0.15) is 12.8 Å². The summed E-state index contributed by atoms with van der Waals surface area (Å²) in [7, 11) is 1.97. The molecule has 0 aromatic heterocycles. The maximum absolute atomic E-state index is 12.0. The molecule has 14 heavy (non-hydrogen) atoms. The van der Waals surface area contributed by atoms with Gasteiger partial charge in [-0.2, -0.15) is 11.8 Å². The van der Waals surface area contributed by atoms with Gasteiger partial charge in [0.1, 0.15) is 0 Å². The third-order valence-corrected chi connectivity index (χ3v) is 4.36. The van der Waals surface area contributed by atoms with E-state index >= 15 is 0 Å². The first kappa shape index (κ1) is 10.3. The van der Waals surface area contributed by atoms with Crippen molar-refractivity contribution in [3.8, 4) is 0 Å². The fraction of sp³-hybridized carbons (Fsp3) is 0.900. The molecule has 2 fully saturated rings. The highest BCUT2D eigenvalue weighted by Crippen LogP contribution is 2.23. The van der Waals surface area contributed by atoms with Crippen molar-refractivity contribution in [2.24, 2.45) is 5.92 Å². The van der Waals surface area contributed by atoms with E-state index in [1.165, 1.54) is 12.2 Å². The quantitative estimate of drug-likeness (QED) is 0.729. The van der Waals surface area contributed by atoms with Gasteiger partial charge in [0.05, 0.1) is 5.92 Å². The van der Waals surface area contributed by atoms with Gasteiger partial charge < -0.3 is 10.2 Å². The Morgan fingerprint density at radius 3 is 2.93 bits per heavy atom. The van der Waals surface area contributed by atoms with E-state index in [9.17, 15) is 4.79 Å². The molecule has 0 bridgehead atoms. The van der Waals surface area contributed by atoms with Crippen LogP contribution >= 0.6 is 11.8 Å². The van der Waals surface area contributed by atoms with Gasteiger partial charge in [-0.3, -0.25) is 4.79 Å². The zero-order chi connectivity index (χ0) is 9.97. The molecule has 0 saturated carbocycles. The van der Waals surface area contributed by atoms with Crippen molar-refractivity contribution in [1.82, 2.24) is 10.2 Å². The highest BCUT2D eigenvalue weighted by atomic mass is 32.2. The molecule has 2 atom stereocenters. The highest BCUT2D eigenvalue weighted by molar-refractivity contribution is 7.99. The SMILES string of the molecule is CN(C(=O)[C@@H]1CCNC1)C1CCSC1. The van der Waals surface area contributed by atoms with Gasteiger partial charge in [-0.05, 0) is 25.1 Å². The van der Waals surface area contributed by atoms with Crippen LogP contribution in [0, 0.1) is 5.92 Å². The maximum atomic E-state index is 12.0. The summed E-state index contributed by atoms with van der Waals surface area (Å²) in [5.41, 5.74) is 0. The molecule has 0 aromatic rings. The van der Waals surface area contributed by atoms with Gasteiger partial charge in [0.2, 0.25) is 5.91 Å². The Hall–Kier alpha value is -0.220. The average Bonchev–Trinajstić information content (AvgIpc) is 2.87. The summed E-state index contributed by atoms with van der Waals surface area (Å²) in [6.07, 6.45) is 2.19. The smallest absolute Gasteiger partial charge is 0.227 e. The summed E-state index contributed by atoms with van der Waals surface area (Å²) in [6, 6.07) is 0.494. The van der Waals surface area contributed by atoms with Crippen LogP contribution < -0.4 is 5.32 Å². The fourth-order valence-corrected chi connectivity index (χ4v) is 3.43. The number of hydrogen-bond acceptors (Lipinski definition) is 3. The maximum Gasteiger partial charge on any atom is 0.227 e. The molecule has 2 rings (SSSR count). The van der Waals surface area contributed by atoms with E-state index in [4.69, 9.17) is 0 Å². The van der Waals surface area contributed by atoms with Crippen LogP contribution in [0.3, 0.4) is 0 Å². The van der Waals surface area contributed by atoms with E-state index in [2.05, 4.69) is 5.32 Å². The minimum Gasteiger partial charge on any atom is -0.342 e. The summed E-state index contributed by atoms with van der Waals surface area (Å²) in [6.45, 7) is 1.88. The van der Waals surface area contributed by atoms with E-state index in [1.807, 2.05) is 23.7 Å². The molecule has 80 valence electrons. The van der Waals surface area contributed by atoms with Crippen LogP contribution in [0.15, 0.2) is 0 Å². The molecule has 2 aliphatic rings. The zero-order valence-electron chi connectivity index (χ0n) is 8.66. The molecular formula is C10H18N2OS. The number of thioether (sulfide) groups is 1. The number of rotatable bonds is 2. The molecule has 2 saturated heterocycles. The van der Waals surface area contributed by atoms with Crippen molar-refractivity contribution < 1.29 is 4.79 Å². The van der Waals surface area contributed by atoms with Gasteiger partial charge in [-0.25, -0.2) is 0 Å². The van der Waals surface area contributed by atoms with Crippen molar-refractivity contribution in [3.63, 3.8) is 0 Å². The van der Waals surface area contributed by atoms with Crippen molar-refractivity contribution in [2.75, 3.05) is 31.6 Å². The molecule has 2 aliphatic heterocycles. The number of nitrogens with zero attached hydrogens (tertiary/aromatic N) is 1. The van der Waals surface area contributed by atoms with Gasteiger partial charge in [0.15, 0.2) is 0 Å². The van der Waals surface area contributed by atoms with Gasteiger partial charge in [0, 0.05) is 25.4 Å². The number of carbonyl (C=O) groups is 1. The minimum atomic E-state index is 0.241. The van der Waals surface area contributed by atoms with Crippen molar-refractivity contribution in [1.29, 1.82) is 0 Å². The zero-order valence-corrected chi connectivity index (χ0v) is 9.48. The summed E-state index contributed by atoms with van der Waals surface area (Å²) >= 11 is 1.96. The largest absolute Gasteiger partial charge is 0.342 e. The van der Waals surface area contributed by atoms with Crippen molar-refractivity contribution in [3.05, 3.63) is 0 Å². The van der Waals surface area contributed by atoms with Crippen LogP contribution in [0.2, 0.25) is 0 Å². The predicted octanol–water partition coefficient (Wildman–Crippen LogP) is 0.560. The van der Waals surface area contributed by atoms with Gasteiger partial charge in [-0.1, -0.05) is 0 Å². The normalized spacial score (nSPS) is 32.1. The molecule has 2 heterocycles. The second-order valence-corrected chi connectivity index (χ2v) is 5.31. The van der Waals surface area contributed by atoms with Gasteiger partial charge in [-0.15, -0.1) is 0 Å². The standard InChI is InChI=1S/C10H18N2OS/c1-12(9-3-5-14-7-9)10(13)8-2-4-11-6-8/h8-9,11H,2-7H2,1H3/t8-,9?/m1/s1. The molecule has 0 radical (unpaired) electrons. The molecule has 1 amide bonds. The van der Waals surface area contributed by atoms with Crippen LogP contribution in [0.4, 0.5) is 0 Å². The van der Waals surface area contributed by atoms with Crippen LogP contribution in [0.25, 0.3) is 0 Å². The Kier molecular flexibility index (Phi) is 3.34. The van der Waals surface area contributed by atoms with Crippen LogP contribution in [-0.2, 0) is 4.79 Å². The van der Waals surface area contributed by atoms with E-state index in [1.54, 1.807) is 0 Å². The Bertz CT molecular complexity index is 210. The first-order chi connectivity index (χ1) is 6.79. The second kappa shape index (κ2) is 4.53. The summed E-state index contributed by atoms with van der Waals surface area (Å²) in [5.74, 6) is 2.93. The average molecular weight is 214 g/mol. The van der Waals surface area contributed by atoms with E-state index < -0.39 is 0 Å². The molecule has 4 heteroatoms. The Balaban J connectivity index is 1.89. The molecule has 1 N–H and O–H groups in total. The second-order valence-electron chi connectivity index (χ2n) is 4.16. The van der Waals surface area contributed by atoms with Crippen molar-refractivity contribution in [2.45, 2.75) is 18.9 Å².